The van der Waals surface area contributed by atoms with Crippen molar-refractivity contribution in [3.63, 3.8) is 0 Å². The van der Waals surface area contributed by atoms with Crippen LogP contribution < -0.4 is 0 Å². The molecule has 0 radical (unpaired) electrons. The van der Waals surface area contributed by atoms with Gasteiger partial charge in [0.1, 0.15) is 0 Å². The lowest BCUT2D eigenvalue weighted by Crippen LogP contribution is -2.11. The Hall–Kier alpha value is -1.75. The van der Waals surface area contributed by atoms with Gasteiger partial charge in [-0.05, 0) is 18.2 Å². The van der Waals surface area contributed by atoms with Crippen molar-refractivity contribution in [1.82, 2.24) is 0 Å². The van der Waals surface area contributed by atoms with Crippen LogP contribution in [0.2, 0.25) is 5.02 Å². The Morgan fingerprint density at radius 1 is 1.27 bits per heavy atom. The molecule has 0 N–H and O–H groups in total. The van der Waals surface area contributed by atoms with Crippen molar-refractivity contribution in [2.24, 2.45) is 0 Å². The molecule has 0 aromatic heterocycles. The summed E-state index contributed by atoms with van der Waals surface area (Å²) in [5, 5.41) is 0.377. The molecule has 0 aliphatic rings. The first-order valence-corrected chi connectivity index (χ1v) is 4.23. The molecule has 0 saturated heterocycles. The second-order valence-corrected chi connectivity index (χ2v) is 2.86. The van der Waals surface area contributed by atoms with Crippen LogP contribution in [0.15, 0.2) is 24.3 Å². The van der Waals surface area contributed by atoms with Gasteiger partial charge >= 0.3 is 12.1 Å². The summed E-state index contributed by atoms with van der Waals surface area (Å²) in [5.41, 5.74) is 0.173. The summed E-state index contributed by atoms with van der Waals surface area (Å²) in [6, 6.07) is 6.01. The van der Waals surface area contributed by atoms with E-state index in [0.29, 0.717) is 5.02 Å². The Labute approximate surface area is 90.4 Å². The third kappa shape index (κ3) is 3.47. The molecular weight excluding hydrogens is 224 g/mol. The predicted octanol–water partition coefficient (Wildman–Crippen LogP) is 2.19. The fraction of sp³-hybridized carbons (Fsp3) is 0.111. The number of halogens is 1. The molecule has 0 atom stereocenters. The highest BCUT2D eigenvalue weighted by atomic mass is 35.5. The zero-order valence-electron chi connectivity index (χ0n) is 7.73. The van der Waals surface area contributed by atoms with Crippen molar-refractivity contribution < 1.29 is 24.1 Å². The molecule has 0 aliphatic carbocycles. The maximum absolute atomic E-state index is 11.2. The van der Waals surface area contributed by atoms with Gasteiger partial charge in [0.05, 0.1) is 12.7 Å². The molecule has 1 aromatic rings. The van der Waals surface area contributed by atoms with E-state index < -0.39 is 12.1 Å². The van der Waals surface area contributed by atoms with Gasteiger partial charge in [0.15, 0.2) is 0 Å². The lowest BCUT2D eigenvalue weighted by Gasteiger charge is -2.01. The summed E-state index contributed by atoms with van der Waals surface area (Å²) in [5.74, 6) is -0.831. The number of ether oxygens (including phenoxy) is 1. The van der Waals surface area contributed by atoms with Gasteiger partial charge in [0, 0.05) is 5.02 Å². The van der Waals surface area contributed by atoms with Crippen LogP contribution >= 0.6 is 11.6 Å². The number of carbonyl (C=O) groups is 2. The van der Waals surface area contributed by atoms with E-state index >= 15 is 0 Å². The van der Waals surface area contributed by atoms with Gasteiger partial charge in [0.25, 0.3) is 0 Å². The van der Waals surface area contributed by atoms with Crippen molar-refractivity contribution in [3.8, 4) is 0 Å². The SMILES string of the molecule is COC(=O)OOC(=O)c1cccc(Cl)c1. The molecular formula is C9H7ClO5. The highest BCUT2D eigenvalue weighted by molar-refractivity contribution is 6.30. The molecule has 0 aliphatic heterocycles. The second-order valence-electron chi connectivity index (χ2n) is 2.42. The van der Waals surface area contributed by atoms with Crippen LogP contribution in [0.3, 0.4) is 0 Å². The Morgan fingerprint density at radius 2 is 2.00 bits per heavy atom. The molecule has 80 valence electrons. The normalized spacial score (nSPS) is 9.20. The summed E-state index contributed by atoms with van der Waals surface area (Å²) in [6.07, 6.45) is -1.11. The monoisotopic (exact) mass is 230 g/mol. The molecule has 0 amide bonds. The van der Waals surface area contributed by atoms with E-state index in [9.17, 15) is 9.59 Å². The number of hydrogen-bond donors (Lipinski definition) is 0. The standard InChI is InChI=1S/C9H7ClO5/c1-13-9(12)15-14-8(11)6-3-2-4-7(10)5-6/h2-5H,1H3. The Kier molecular flexibility index (Phi) is 3.93. The van der Waals surface area contributed by atoms with E-state index in [1.807, 2.05) is 0 Å². The molecule has 0 spiro atoms. The smallest absolute Gasteiger partial charge is 0.435 e. The van der Waals surface area contributed by atoms with Crippen LogP contribution in [-0.4, -0.2) is 19.2 Å². The summed E-state index contributed by atoms with van der Waals surface area (Å²) in [4.78, 5) is 29.8. The van der Waals surface area contributed by atoms with Gasteiger partial charge in [0.2, 0.25) is 0 Å². The zero-order chi connectivity index (χ0) is 11.3. The number of carbonyl (C=O) groups excluding carboxylic acids is 2. The van der Waals surface area contributed by atoms with Crippen LogP contribution in [-0.2, 0) is 14.5 Å². The first-order valence-electron chi connectivity index (χ1n) is 3.86. The van der Waals surface area contributed by atoms with Gasteiger partial charge in [-0.25, -0.2) is 14.6 Å². The van der Waals surface area contributed by atoms with E-state index in [1.165, 1.54) is 12.1 Å². The van der Waals surface area contributed by atoms with Crippen molar-refractivity contribution in [2.45, 2.75) is 0 Å². The summed E-state index contributed by atoms with van der Waals surface area (Å²) < 4.78 is 4.10. The largest absolute Gasteiger partial charge is 0.549 e. The molecule has 1 rings (SSSR count). The zero-order valence-corrected chi connectivity index (χ0v) is 8.48. The minimum Gasteiger partial charge on any atom is -0.435 e. The molecule has 15 heavy (non-hydrogen) atoms. The molecule has 0 heterocycles. The van der Waals surface area contributed by atoms with Gasteiger partial charge in [-0.15, -0.1) is 0 Å². The van der Waals surface area contributed by atoms with Gasteiger partial charge < -0.3 is 4.74 Å². The molecule has 5 nitrogen and oxygen atoms in total. The van der Waals surface area contributed by atoms with Crippen LogP contribution in [0.4, 0.5) is 4.79 Å². The molecule has 0 fully saturated rings. The van der Waals surface area contributed by atoms with E-state index in [-0.39, 0.29) is 5.56 Å². The highest BCUT2D eigenvalue weighted by Gasteiger charge is 2.12. The maximum atomic E-state index is 11.2. The summed E-state index contributed by atoms with van der Waals surface area (Å²) in [7, 11) is 1.09. The van der Waals surface area contributed by atoms with E-state index in [0.717, 1.165) is 7.11 Å². The van der Waals surface area contributed by atoms with E-state index in [4.69, 9.17) is 11.6 Å². The fourth-order valence-electron chi connectivity index (χ4n) is 0.769. The summed E-state index contributed by atoms with van der Waals surface area (Å²) >= 11 is 5.64. The molecule has 6 heteroatoms. The topological polar surface area (TPSA) is 61.8 Å². The number of hydrogen-bond acceptors (Lipinski definition) is 5. The molecule has 1 aromatic carbocycles. The van der Waals surface area contributed by atoms with Crippen LogP contribution in [0.1, 0.15) is 10.4 Å². The molecule has 0 saturated carbocycles. The summed E-state index contributed by atoms with van der Waals surface area (Å²) in [6.45, 7) is 0. The predicted molar refractivity (Wildman–Crippen MR) is 50.4 cm³/mol. The third-order valence-corrected chi connectivity index (χ3v) is 1.65. The van der Waals surface area contributed by atoms with Crippen molar-refractivity contribution >= 4 is 23.7 Å². The van der Waals surface area contributed by atoms with Crippen LogP contribution in [0, 0.1) is 0 Å². The lowest BCUT2D eigenvalue weighted by molar-refractivity contribution is -0.200. The van der Waals surface area contributed by atoms with E-state index in [2.05, 4.69) is 14.5 Å². The molecule has 0 bridgehead atoms. The average Bonchev–Trinajstić information content (AvgIpc) is 2.25. The minimum absolute atomic E-state index is 0.173. The van der Waals surface area contributed by atoms with Gasteiger partial charge in [-0.1, -0.05) is 17.7 Å². The number of methoxy groups -OCH3 is 1. The lowest BCUT2D eigenvalue weighted by atomic mass is 10.2. The van der Waals surface area contributed by atoms with E-state index in [1.54, 1.807) is 12.1 Å². The Balaban J connectivity index is 2.58. The van der Waals surface area contributed by atoms with Crippen LogP contribution in [0.25, 0.3) is 0 Å². The third-order valence-electron chi connectivity index (χ3n) is 1.41. The van der Waals surface area contributed by atoms with Crippen molar-refractivity contribution in [2.75, 3.05) is 7.11 Å². The van der Waals surface area contributed by atoms with Crippen molar-refractivity contribution in [1.29, 1.82) is 0 Å². The Morgan fingerprint density at radius 3 is 2.60 bits per heavy atom. The maximum Gasteiger partial charge on any atom is 0.549 e. The van der Waals surface area contributed by atoms with Gasteiger partial charge in [-0.2, -0.15) is 4.79 Å². The van der Waals surface area contributed by atoms with Gasteiger partial charge in [-0.3, -0.25) is 0 Å². The Bertz CT molecular complexity index is 377. The molecule has 0 unspecified atom stereocenters. The fourth-order valence-corrected chi connectivity index (χ4v) is 0.960. The minimum atomic E-state index is -1.11. The van der Waals surface area contributed by atoms with Crippen molar-refractivity contribution in [3.05, 3.63) is 34.9 Å². The first kappa shape index (κ1) is 11.3. The quantitative estimate of drug-likeness (QED) is 0.420. The van der Waals surface area contributed by atoms with Crippen LogP contribution in [0.5, 0.6) is 0 Å². The number of benzene rings is 1. The highest BCUT2D eigenvalue weighted by Crippen LogP contribution is 2.11. The first-order chi connectivity index (χ1) is 7.13. The second kappa shape index (κ2) is 5.21. The average molecular weight is 231 g/mol. The number of rotatable bonds is 1.